The van der Waals surface area contributed by atoms with Crippen molar-refractivity contribution in [3.05, 3.63) is 76.5 Å². The average molecular weight is 338 g/mol. The summed E-state index contributed by atoms with van der Waals surface area (Å²) in [5.74, 6) is 0.372. The molecule has 2 N–H and O–H groups in total. The van der Waals surface area contributed by atoms with Crippen molar-refractivity contribution >= 4 is 5.91 Å². The number of methoxy groups -OCH3 is 1. The maximum atomic E-state index is 12.8. The van der Waals surface area contributed by atoms with Crippen LogP contribution >= 0.6 is 0 Å². The number of amides is 1. The van der Waals surface area contributed by atoms with Gasteiger partial charge in [0.05, 0.1) is 7.11 Å². The van der Waals surface area contributed by atoms with E-state index in [0.29, 0.717) is 23.7 Å². The van der Waals surface area contributed by atoms with Crippen LogP contribution in [0, 0.1) is 0 Å². The first-order chi connectivity index (χ1) is 12.1. The van der Waals surface area contributed by atoms with Gasteiger partial charge in [-0.25, -0.2) is 4.79 Å². The minimum Gasteiger partial charge on any atom is -0.494 e. The predicted molar refractivity (Wildman–Crippen MR) is 92.8 cm³/mol. The maximum Gasteiger partial charge on any atom is 0.351 e. The van der Waals surface area contributed by atoms with Gasteiger partial charge in [-0.05, 0) is 17.7 Å². The van der Waals surface area contributed by atoms with Gasteiger partial charge in [0, 0.05) is 6.42 Å². The highest BCUT2D eigenvalue weighted by Crippen LogP contribution is 2.20. The molecule has 3 rings (SSSR count). The number of nitrogens with two attached hydrogens (primary N) is 1. The average Bonchev–Trinajstić information content (AvgIpc) is 2.91. The van der Waals surface area contributed by atoms with Crippen LogP contribution < -0.4 is 16.2 Å². The molecule has 0 bridgehead atoms. The smallest absolute Gasteiger partial charge is 0.351 e. The molecule has 0 spiro atoms. The molecule has 0 saturated heterocycles. The Morgan fingerprint density at radius 2 is 1.80 bits per heavy atom. The SMILES string of the molecule is COc1ccccc1-n1nc(Cc2ccccc2)n(CC(N)=O)c1=O. The van der Waals surface area contributed by atoms with Gasteiger partial charge in [0.25, 0.3) is 0 Å². The van der Waals surface area contributed by atoms with Crippen molar-refractivity contribution in [2.45, 2.75) is 13.0 Å². The summed E-state index contributed by atoms with van der Waals surface area (Å²) in [7, 11) is 1.52. The molecule has 0 saturated carbocycles. The number of benzene rings is 2. The molecule has 0 aliphatic rings. The van der Waals surface area contributed by atoms with E-state index in [9.17, 15) is 9.59 Å². The van der Waals surface area contributed by atoms with E-state index in [1.165, 1.54) is 16.4 Å². The van der Waals surface area contributed by atoms with Crippen molar-refractivity contribution in [1.82, 2.24) is 14.3 Å². The second kappa shape index (κ2) is 7.04. The lowest BCUT2D eigenvalue weighted by Gasteiger charge is -2.06. The standard InChI is InChI=1S/C18H18N4O3/c1-25-15-10-6-5-9-14(15)22-18(24)21(12-16(19)23)17(20-22)11-13-7-3-2-4-8-13/h2-10H,11-12H2,1H3,(H2,19,23). The first-order valence-corrected chi connectivity index (χ1v) is 7.74. The number of hydrogen-bond donors (Lipinski definition) is 1. The van der Waals surface area contributed by atoms with E-state index in [4.69, 9.17) is 10.5 Å². The van der Waals surface area contributed by atoms with Gasteiger partial charge in [-0.15, -0.1) is 5.10 Å². The number of aromatic nitrogens is 3. The fraction of sp³-hybridized carbons (Fsp3) is 0.167. The van der Waals surface area contributed by atoms with Crippen LogP contribution in [-0.2, 0) is 17.8 Å². The van der Waals surface area contributed by atoms with Crippen molar-refractivity contribution < 1.29 is 9.53 Å². The number of carbonyl (C=O) groups excluding carboxylic acids is 1. The van der Waals surface area contributed by atoms with Crippen molar-refractivity contribution in [2.75, 3.05) is 7.11 Å². The lowest BCUT2D eigenvalue weighted by atomic mass is 10.1. The summed E-state index contributed by atoms with van der Waals surface area (Å²) in [5, 5.41) is 4.42. The van der Waals surface area contributed by atoms with Crippen LogP contribution in [0.25, 0.3) is 5.69 Å². The second-order valence-electron chi connectivity index (χ2n) is 5.50. The van der Waals surface area contributed by atoms with Crippen molar-refractivity contribution in [3.8, 4) is 11.4 Å². The zero-order chi connectivity index (χ0) is 17.8. The van der Waals surface area contributed by atoms with E-state index in [-0.39, 0.29) is 6.54 Å². The zero-order valence-corrected chi connectivity index (χ0v) is 13.8. The molecule has 0 aliphatic carbocycles. The van der Waals surface area contributed by atoms with Crippen molar-refractivity contribution in [1.29, 1.82) is 0 Å². The number of ether oxygens (including phenoxy) is 1. The first kappa shape index (κ1) is 16.5. The quantitative estimate of drug-likeness (QED) is 0.729. The Bertz CT molecular complexity index is 944. The Morgan fingerprint density at radius 3 is 2.48 bits per heavy atom. The van der Waals surface area contributed by atoms with Crippen LogP contribution in [0.2, 0.25) is 0 Å². The summed E-state index contributed by atoms with van der Waals surface area (Å²) in [6.45, 7) is -0.226. The summed E-state index contributed by atoms with van der Waals surface area (Å²) in [4.78, 5) is 24.2. The van der Waals surface area contributed by atoms with Crippen LogP contribution in [0.4, 0.5) is 0 Å². The van der Waals surface area contributed by atoms with Crippen LogP contribution in [-0.4, -0.2) is 27.4 Å². The lowest BCUT2D eigenvalue weighted by Crippen LogP contribution is -2.30. The first-order valence-electron chi connectivity index (χ1n) is 7.74. The Kier molecular flexibility index (Phi) is 4.65. The summed E-state index contributed by atoms with van der Waals surface area (Å²) >= 11 is 0. The zero-order valence-electron chi connectivity index (χ0n) is 13.8. The van der Waals surface area contributed by atoms with Crippen molar-refractivity contribution in [2.24, 2.45) is 5.73 Å². The number of rotatable bonds is 6. The van der Waals surface area contributed by atoms with Crippen LogP contribution in [0.1, 0.15) is 11.4 Å². The van der Waals surface area contributed by atoms with Gasteiger partial charge in [-0.2, -0.15) is 4.68 Å². The van der Waals surface area contributed by atoms with E-state index >= 15 is 0 Å². The van der Waals surface area contributed by atoms with Gasteiger partial charge in [-0.1, -0.05) is 42.5 Å². The highest BCUT2D eigenvalue weighted by Gasteiger charge is 2.18. The Labute approximate surface area is 144 Å². The number of hydrogen-bond acceptors (Lipinski definition) is 4. The molecule has 0 fully saturated rings. The second-order valence-corrected chi connectivity index (χ2v) is 5.50. The third-order valence-electron chi connectivity index (χ3n) is 3.77. The van der Waals surface area contributed by atoms with Crippen LogP contribution in [0.3, 0.4) is 0 Å². The number of nitrogens with zero attached hydrogens (tertiary/aromatic N) is 3. The van der Waals surface area contributed by atoms with Crippen LogP contribution in [0.15, 0.2) is 59.4 Å². The summed E-state index contributed by atoms with van der Waals surface area (Å²) in [5.41, 5.74) is 6.35. The van der Waals surface area contributed by atoms with Gasteiger partial charge >= 0.3 is 5.69 Å². The van der Waals surface area contributed by atoms with E-state index in [0.717, 1.165) is 5.56 Å². The predicted octanol–water partition coefficient (Wildman–Crippen LogP) is 1.12. The molecule has 1 amide bonds. The molecule has 1 aromatic heterocycles. The molecule has 7 nitrogen and oxygen atoms in total. The molecular formula is C18H18N4O3. The minimum atomic E-state index is -0.601. The summed E-state index contributed by atoms with van der Waals surface area (Å²) in [6.07, 6.45) is 0.408. The third-order valence-corrected chi connectivity index (χ3v) is 3.77. The molecule has 2 aromatic carbocycles. The molecule has 0 radical (unpaired) electrons. The fourth-order valence-electron chi connectivity index (χ4n) is 2.62. The summed E-state index contributed by atoms with van der Waals surface area (Å²) in [6, 6.07) is 16.6. The maximum absolute atomic E-state index is 12.8. The molecular weight excluding hydrogens is 320 g/mol. The molecule has 1 heterocycles. The van der Waals surface area contributed by atoms with Crippen LogP contribution in [0.5, 0.6) is 5.75 Å². The van der Waals surface area contributed by atoms with E-state index < -0.39 is 11.6 Å². The third kappa shape index (κ3) is 3.45. The van der Waals surface area contributed by atoms with Gasteiger partial charge in [-0.3, -0.25) is 9.36 Å². The normalized spacial score (nSPS) is 10.6. The molecule has 0 atom stereocenters. The van der Waals surface area contributed by atoms with Gasteiger partial charge in [0.15, 0.2) is 0 Å². The molecule has 0 aliphatic heterocycles. The Hall–Kier alpha value is -3.35. The molecule has 25 heavy (non-hydrogen) atoms. The largest absolute Gasteiger partial charge is 0.494 e. The molecule has 3 aromatic rings. The summed E-state index contributed by atoms with van der Waals surface area (Å²) < 4.78 is 7.83. The lowest BCUT2D eigenvalue weighted by molar-refractivity contribution is -0.118. The highest BCUT2D eigenvalue weighted by atomic mass is 16.5. The highest BCUT2D eigenvalue weighted by molar-refractivity contribution is 5.73. The molecule has 128 valence electrons. The molecule has 0 unspecified atom stereocenters. The van der Waals surface area contributed by atoms with Gasteiger partial charge in [0.1, 0.15) is 23.8 Å². The minimum absolute atomic E-state index is 0.226. The monoisotopic (exact) mass is 338 g/mol. The topological polar surface area (TPSA) is 92.1 Å². The number of carbonyl (C=O) groups is 1. The Morgan fingerprint density at radius 1 is 1.12 bits per heavy atom. The molecule has 7 heteroatoms. The van der Waals surface area contributed by atoms with E-state index in [1.54, 1.807) is 24.3 Å². The van der Waals surface area contributed by atoms with E-state index in [1.807, 2.05) is 30.3 Å². The van der Waals surface area contributed by atoms with Gasteiger partial charge < -0.3 is 10.5 Å². The van der Waals surface area contributed by atoms with E-state index in [2.05, 4.69) is 5.10 Å². The number of para-hydroxylation sites is 2. The van der Waals surface area contributed by atoms with Gasteiger partial charge in [0.2, 0.25) is 5.91 Å². The van der Waals surface area contributed by atoms with Crippen molar-refractivity contribution in [3.63, 3.8) is 0 Å². The number of primary amides is 1. The Balaban J connectivity index is 2.11. The fourth-order valence-corrected chi connectivity index (χ4v) is 2.62.